The number of hydrogen-bond donors (Lipinski definition) is 2. The van der Waals surface area contributed by atoms with E-state index in [2.05, 4.69) is 17.1 Å². The van der Waals surface area contributed by atoms with E-state index in [-0.39, 0.29) is 23.9 Å². The molecule has 0 aliphatic carbocycles. The molecule has 4 nitrogen and oxygen atoms in total. The van der Waals surface area contributed by atoms with E-state index in [1.165, 1.54) is 0 Å². The van der Waals surface area contributed by atoms with Gasteiger partial charge in [-0.1, -0.05) is 6.07 Å². The summed E-state index contributed by atoms with van der Waals surface area (Å²) < 4.78 is 37.5. The number of carbonyl (C=O) groups is 1. The molecule has 0 aromatic heterocycles. The molecule has 2 aliphatic heterocycles. The van der Waals surface area contributed by atoms with Crippen LogP contribution in [0.15, 0.2) is 12.1 Å². The topological polar surface area (TPSA) is 52.6 Å². The van der Waals surface area contributed by atoms with Gasteiger partial charge in [-0.15, -0.1) is 0 Å². The lowest BCUT2D eigenvalue weighted by atomic mass is 9.91. The van der Waals surface area contributed by atoms with Gasteiger partial charge in [0.05, 0.1) is 0 Å². The van der Waals surface area contributed by atoms with Crippen LogP contribution in [-0.4, -0.2) is 40.2 Å². The summed E-state index contributed by atoms with van der Waals surface area (Å²) in [7, 11) is 0. The molecule has 2 saturated heterocycles. The highest BCUT2D eigenvalue weighted by Crippen LogP contribution is 2.43. The van der Waals surface area contributed by atoms with Crippen LogP contribution in [0.2, 0.25) is 0 Å². The number of hydrogen-bond acceptors (Lipinski definition) is 3. The molecule has 144 valence electrons. The quantitative estimate of drug-likeness (QED) is 0.852. The monoisotopic (exact) mass is 370 g/mol. The molecule has 2 aliphatic rings. The standard InChI is InChI=1S/C19H25F3N2O2/c1-10-11(2)17(25)7-6-16(10)12(3)24-14-4-5-15(24)9-13(8-14)23-18(26)19(20,21)22/h6-7,12-15,25H,4-5,8-9H2,1-3H3,(H,23,26). The number of carbonyl (C=O) groups excluding carboxylic acids is 1. The molecule has 2 heterocycles. The number of benzene rings is 1. The van der Waals surface area contributed by atoms with Crippen LogP contribution < -0.4 is 5.32 Å². The van der Waals surface area contributed by atoms with Crippen molar-refractivity contribution in [1.29, 1.82) is 0 Å². The molecule has 1 amide bonds. The van der Waals surface area contributed by atoms with Crippen LogP contribution in [0.4, 0.5) is 13.2 Å². The molecular weight excluding hydrogens is 345 g/mol. The maximum atomic E-state index is 12.5. The molecule has 3 rings (SSSR count). The smallest absolute Gasteiger partial charge is 0.471 e. The largest absolute Gasteiger partial charge is 0.508 e. The lowest BCUT2D eigenvalue weighted by molar-refractivity contribution is -0.174. The second-order valence-electron chi connectivity index (χ2n) is 7.57. The number of piperidine rings is 1. The van der Waals surface area contributed by atoms with Gasteiger partial charge in [0, 0.05) is 24.2 Å². The fraction of sp³-hybridized carbons (Fsp3) is 0.632. The SMILES string of the molecule is Cc1c(O)ccc(C(C)N2C3CCC2CC(NC(=O)C(F)(F)F)C3)c1C. The first-order valence-corrected chi connectivity index (χ1v) is 9.03. The van der Waals surface area contributed by atoms with Gasteiger partial charge in [-0.05, 0) is 69.2 Å². The molecular formula is C19H25F3N2O2. The third-order valence-corrected chi connectivity index (χ3v) is 6.08. The van der Waals surface area contributed by atoms with Gasteiger partial charge in [0.1, 0.15) is 5.75 Å². The summed E-state index contributed by atoms with van der Waals surface area (Å²) in [4.78, 5) is 13.6. The van der Waals surface area contributed by atoms with E-state index in [0.29, 0.717) is 12.8 Å². The van der Waals surface area contributed by atoms with Crippen molar-refractivity contribution in [2.45, 2.75) is 76.8 Å². The van der Waals surface area contributed by atoms with Crippen molar-refractivity contribution < 1.29 is 23.1 Å². The van der Waals surface area contributed by atoms with Crippen LogP contribution in [0.5, 0.6) is 5.75 Å². The van der Waals surface area contributed by atoms with Gasteiger partial charge < -0.3 is 10.4 Å². The number of nitrogens with one attached hydrogen (secondary N) is 1. The second kappa shape index (κ2) is 6.76. The van der Waals surface area contributed by atoms with Crippen LogP contribution in [0.25, 0.3) is 0 Å². The number of aromatic hydroxyl groups is 1. The van der Waals surface area contributed by atoms with Crippen LogP contribution in [-0.2, 0) is 4.79 Å². The maximum absolute atomic E-state index is 12.5. The van der Waals surface area contributed by atoms with Crippen LogP contribution >= 0.6 is 0 Å². The molecule has 0 spiro atoms. The number of phenols is 1. The summed E-state index contributed by atoms with van der Waals surface area (Å²) in [5, 5.41) is 12.0. The van der Waals surface area contributed by atoms with Gasteiger partial charge in [-0.3, -0.25) is 9.69 Å². The van der Waals surface area contributed by atoms with E-state index < -0.39 is 18.1 Å². The zero-order valence-corrected chi connectivity index (χ0v) is 15.2. The van der Waals surface area contributed by atoms with Crippen molar-refractivity contribution in [3.63, 3.8) is 0 Å². The Balaban J connectivity index is 1.74. The van der Waals surface area contributed by atoms with Crippen molar-refractivity contribution in [3.05, 3.63) is 28.8 Å². The molecule has 7 heteroatoms. The Morgan fingerprint density at radius 1 is 1.19 bits per heavy atom. The number of fused-ring (bicyclic) bond motifs is 2. The minimum atomic E-state index is -4.83. The highest BCUT2D eigenvalue weighted by molar-refractivity contribution is 5.81. The van der Waals surface area contributed by atoms with E-state index in [0.717, 1.165) is 29.5 Å². The minimum Gasteiger partial charge on any atom is -0.508 e. The number of rotatable bonds is 3. The highest BCUT2D eigenvalue weighted by atomic mass is 19.4. The predicted octanol–water partition coefficient (Wildman–Crippen LogP) is 3.74. The summed E-state index contributed by atoms with van der Waals surface area (Å²) in [5.74, 6) is -1.57. The van der Waals surface area contributed by atoms with Gasteiger partial charge in [0.2, 0.25) is 0 Å². The Morgan fingerprint density at radius 3 is 2.31 bits per heavy atom. The fourth-order valence-electron chi connectivity index (χ4n) is 4.67. The average molecular weight is 370 g/mol. The Hall–Kier alpha value is -1.76. The van der Waals surface area contributed by atoms with E-state index in [1.54, 1.807) is 6.07 Å². The first-order valence-electron chi connectivity index (χ1n) is 9.03. The molecule has 2 fully saturated rings. The summed E-state index contributed by atoms with van der Waals surface area (Å²) in [6.45, 7) is 5.98. The number of alkyl halides is 3. The Labute approximate surface area is 151 Å². The van der Waals surface area contributed by atoms with Gasteiger partial charge >= 0.3 is 12.1 Å². The molecule has 2 N–H and O–H groups in total. The first-order chi connectivity index (χ1) is 12.1. The van der Waals surface area contributed by atoms with Crippen molar-refractivity contribution in [3.8, 4) is 5.75 Å². The second-order valence-corrected chi connectivity index (χ2v) is 7.57. The van der Waals surface area contributed by atoms with Crippen LogP contribution in [0.3, 0.4) is 0 Å². The molecule has 3 unspecified atom stereocenters. The van der Waals surface area contributed by atoms with Gasteiger partial charge in [0.15, 0.2) is 0 Å². The van der Waals surface area contributed by atoms with Crippen molar-refractivity contribution in [2.75, 3.05) is 0 Å². The zero-order chi connectivity index (χ0) is 19.2. The molecule has 0 radical (unpaired) electrons. The summed E-state index contributed by atoms with van der Waals surface area (Å²) in [5.41, 5.74) is 3.04. The third kappa shape index (κ3) is 3.41. The van der Waals surface area contributed by atoms with Gasteiger partial charge in [-0.25, -0.2) is 0 Å². The number of amides is 1. The van der Waals surface area contributed by atoms with Gasteiger partial charge in [-0.2, -0.15) is 13.2 Å². The normalized spacial score (nSPS) is 27.4. The van der Waals surface area contributed by atoms with E-state index >= 15 is 0 Å². The number of phenolic OH excluding ortho intramolecular Hbond substituents is 1. The molecule has 1 aromatic carbocycles. The fourth-order valence-corrected chi connectivity index (χ4v) is 4.67. The van der Waals surface area contributed by atoms with Crippen LogP contribution in [0.1, 0.15) is 55.3 Å². The molecule has 2 bridgehead atoms. The van der Waals surface area contributed by atoms with E-state index in [9.17, 15) is 23.1 Å². The third-order valence-electron chi connectivity index (χ3n) is 6.08. The number of halogens is 3. The van der Waals surface area contributed by atoms with Crippen molar-refractivity contribution in [2.24, 2.45) is 0 Å². The van der Waals surface area contributed by atoms with Crippen molar-refractivity contribution in [1.82, 2.24) is 10.2 Å². The Bertz CT molecular complexity index is 691. The predicted molar refractivity (Wildman–Crippen MR) is 91.9 cm³/mol. The average Bonchev–Trinajstić information content (AvgIpc) is 2.82. The maximum Gasteiger partial charge on any atom is 0.471 e. The summed E-state index contributed by atoms with van der Waals surface area (Å²) in [6, 6.07) is 3.65. The first kappa shape index (κ1) is 19.0. The number of nitrogens with zero attached hydrogens (tertiary/aromatic N) is 1. The lowest BCUT2D eigenvalue weighted by Crippen LogP contribution is -2.53. The van der Waals surface area contributed by atoms with Crippen molar-refractivity contribution >= 4 is 5.91 Å². The van der Waals surface area contributed by atoms with E-state index in [1.807, 2.05) is 19.9 Å². The molecule has 0 saturated carbocycles. The Morgan fingerprint density at radius 2 is 1.77 bits per heavy atom. The summed E-state index contributed by atoms with van der Waals surface area (Å²) >= 11 is 0. The lowest BCUT2D eigenvalue weighted by Gasteiger charge is -2.43. The molecule has 26 heavy (non-hydrogen) atoms. The zero-order valence-electron chi connectivity index (χ0n) is 15.2. The van der Waals surface area contributed by atoms with Crippen LogP contribution in [0, 0.1) is 13.8 Å². The minimum absolute atomic E-state index is 0.117. The molecule has 1 aromatic rings. The highest BCUT2D eigenvalue weighted by Gasteiger charge is 2.46. The summed E-state index contributed by atoms with van der Waals surface area (Å²) in [6.07, 6.45) is -1.88. The van der Waals surface area contributed by atoms with Gasteiger partial charge in [0.25, 0.3) is 0 Å². The Kier molecular flexibility index (Phi) is 4.94. The van der Waals surface area contributed by atoms with E-state index in [4.69, 9.17) is 0 Å². The molecule has 3 atom stereocenters.